The molecule has 8 heteroatoms. The van der Waals surface area contributed by atoms with Gasteiger partial charge in [0.05, 0.1) is 16.1 Å². The zero-order chi connectivity index (χ0) is 18.6. The van der Waals surface area contributed by atoms with Crippen LogP contribution >= 0.6 is 0 Å². The Kier molecular flexibility index (Phi) is 4.13. The maximum absolute atomic E-state index is 14.4. The molecule has 3 rings (SSSR count). The van der Waals surface area contributed by atoms with Gasteiger partial charge in [0.15, 0.2) is 0 Å². The third kappa shape index (κ3) is 2.92. The number of hydrogen-bond acceptors (Lipinski definition) is 4. The molecule has 0 bridgehead atoms. The van der Waals surface area contributed by atoms with Crippen LogP contribution in [0.15, 0.2) is 41.4 Å². The Morgan fingerprint density at radius 2 is 1.64 bits per heavy atom. The summed E-state index contributed by atoms with van der Waals surface area (Å²) in [5, 5.41) is 0. The van der Waals surface area contributed by atoms with Gasteiger partial charge >= 0.3 is 7.12 Å². The minimum Gasteiger partial charge on any atom is -0.399 e. The Balaban J connectivity index is 2.01. The van der Waals surface area contributed by atoms with E-state index in [9.17, 15) is 12.8 Å². The molecule has 1 saturated heterocycles. The number of aryl methyl sites for hydroxylation is 1. The monoisotopic (exact) mass is 365 g/mol. The molecule has 0 atom stereocenters. The van der Waals surface area contributed by atoms with Crippen molar-refractivity contribution in [3.8, 4) is 0 Å². The first-order chi connectivity index (χ1) is 11.5. The Bertz CT molecular complexity index is 904. The number of nitrogens with zero attached hydrogens (tertiary/aromatic N) is 1. The molecule has 1 fully saturated rings. The predicted octanol–water partition coefficient (Wildman–Crippen LogP) is 2.47. The summed E-state index contributed by atoms with van der Waals surface area (Å²) < 4.78 is 52.4. The van der Waals surface area contributed by atoms with Gasteiger partial charge in [0.2, 0.25) is 5.95 Å². The first kappa shape index (κ1) is 18.2. The molecule has 134 valence electrons. The SMILES string of the molecule is Cc1ccccc1S(=O)(=O)n1cc(B2OC(C)(C)C(C)(C)O2)cc1F. The van der Waals surface area contributed by atoms with Gasteiger partial charge in [-0.2, -0.15) is 4.39 Å². The predicted molar refractivity (Wildman–Crippen MR) is 93.9 cm³/mol. The van der Waals surface area contributed by atoms with Gasteiger partial charge in [0, 0.05) is 11.7 Å². The van der Waals surface area contributed by atoms with Crippen molar-refractivity contribution >= 4 is 22.6 Å². The van der Waals surface area contributed by atoms with E-state index < -0.39 is 34.3 Å². The van der Waals surface area contributed by atoms with E-state index in [1.807, 2.05) is 27.7 Å². The maximum atomic E-state index is 14.4. The van der Waals surface area contributed by atoms with Gasteiger partial charge < -0.3 is 9.31 Å². The van der Waals surface area contributed by atoms with E-state index in [1.54, 1.807) is 25.1 Å². The van der Waals surface area contributed by atoms with Crippen LogP contribution in [0.25, 0.3) is 0 Å². The molecule has 0 saturated carbocycles. The summed E-state index contributed by atoms with van der Waals surface area (Å²) in [6, 6.07) is 7.60. The van der Waals surface area contributed by atoms with Crippen LogP contribution in [0, 0.1) is 12.9 Å². The topological polar surface area (TPSA) is 57.5 Å². The zero-order valence-corrected chi connectivity index (χ0v) is 15.7. The van der Waals surface area contributed by atoms with E-state index in [-0.39, 0.29) is 4.90 Å². The third-order valence-electron chi connectivity index (χ3n) is 4.92. The van der Waals surface area contributed by atoms with Gasteiger partial charge in [0.25, 0.3) is 10.0 Å². The lowest BCUT2D eigenvalue weighted by atomic mass is 9.81. The standard InChI is InChI=1S/C17H21BFNO4S/c1-12-8-6-7-9-14(12)25(21,22)20-11-13(10-15(20)19)18-23-16(2,3)17(4,5)24-18/h6-11H,1-5H3. The van der Waals surface area contributed by atoms with Crippen LogP contribution < -0.4 is 5.46 Å². The van der Waals surface area contributed by atoms with E-state index in [4.69, 9.17) is 9.31 Å². The van der Waals surface area contributed by atoms with Crippen molar-refractivity contribution in [1.29, 1.82) is 0 Å². The summed E-state index contributed by atoms with van der Waals surface area (Å²) in [6.45, 7) is 9.19. The maximum Gasteiger partial charge on any atom is 0.496 e. The number of halogens is 1. The van der Waals surface area contributed by atoms with Gasteiger partial charge in [-0.3, -0.25) is 0 Å². The highest BCUT2D eigenvalue weighted by molar-refractivity contribution is 7.90. The molecule has 2 aromatic rings. The van der Waals surface area contributed by atoms with Gasteiger partial charge in [0.1, 0.15) is 0 Å². The van der Waals surface area contributed by atoms with Crippen molar-refractivity contribution in [2.24, 2.45) is 0 Å². The van der Waals surface area contributed by atoms with Crippen LogP contribution in [0.4, 0.5) is 4.39 Å². The molecule has 5 nitrogen and oxygen atoms in total. The van der Waals surface area contributed by atoms with E-state index in [2.05, 4.69) is 0 Å². The average molecular weight is 365 g/mol. The second kappa shape index (κ2) is 5.69. The number of hydrogen-bond donors (Lipinski definition) is 0. The van der Waals surface area contributed by atoms with Crippen LogP contribution in [0.5, 0.6) is 0 Å². The van der Waals surface area contributed by atoms with E-state index in [0.717, 1.165) is 6.07 Å². The minimum atomic E-state index is -4.04. The second-order valence-corrected chi connectivity index (χ2v) is 9.03. The summed E-state index contributed by atoms with van der Waals surface area (Å²) in [4.78, 5) is 0.0602. The average Bonchev–Trinajstić information content (AvgIpc) is 2.97. The van der Waals surface area contributed by atoms with Crippen molar-refractivity contribution in [1.82, 2.24) is 3.97 Å². The Morgan fingerprint density at radius 1 is 1.08 bits per heavy atom. The molecular weight excluding hydrogens is 344 g/mol. The van der Waals surface area contributed by atoms with Crippen LogP contribution in [-0.2, 0) is 19.3 Å². The molecule has 0 N–H and O–H groups in total. The molecule has 2 heterocycles. The lowest BCUT2D eigenvalue weighted by Crippen LogP contribution is -2.41. The van der Waals surface area contributed by atoms with Crippen LogP contribution in [0.1, 0.15) is 33.3 Å². The van der Waals surface area contributed by atoms with E-state index >= 15 is 0 Å². The van der Waals surface area contributed by atoms with Crippen molar-refractivity contribution in [2.45, 2.75) is 50.7 Å². The Labute approximate surface area is 148 Å². The van der Waals surface area contributed by atoms with Crippen LogP contribution in [0.3, 0.4) is 0 Å². The molecule has 25 heavy (non-hydrogen) atoms. The quantitative estimate of drug-likeness (QED) is 0.785. The second-order valence-electron chi connectivity index (χ2n) is 7.25. The third-order valence-corrected chi connectivity index (χ3v) is 6.73. The number of aromatic nitrogens is 1. The van der Waals surface area contributed by atoms with Gasteiger partial charge in [-0.05, 0) is 52.3 Å². The van der Waals surface area contributed by atoms with Crippen molar-refractivity contribution in [3.63, 3.8) is 0 Å². The molecule has 0 spiro atoms. The highest BCUT2D eigenvalue weighted by Crippen LogP contribution is 2.36. The normalized spacial score (nSPS) is 19.4. The van der Waals surface area contributed by atoms with Crippen LogP contribution in [-0.4, -0.2) is 30.7 Å². The lowest BCUT2D eigenvalue weighted by molar-refractivity contribution is 0.00578. The van der Waals surface area contributed by atoms with Crippen molar-refractivity contribution in [3.05, 3.63) is 48.0 Å². The highest BCUT2D eigenvalue weighted by Gasteiger charge is 2.52. The highest BCUT2D eigenvalue weighted by atomic mass is 32.2. The van der Waals surface area contributed by atoms with E-state index in [0.29, 0.717) is 15.0 Å². The van der Waals surface area contributed by atoms with Crippen LogP contribution in [0.2, 0.25) is 0 Å². The first-order valence-electron chi connectivity index (χ1n) is 8.00. The smallest absolute Gasteiger partial charge is 0.399 e. The molecular formula is C17H21BFNO4S. The molecule has 1 aliphatic heterocycles. The molecule has 0 aliphatic carbocycles. The lowest BCUT2D eigenvalue weighted by Gasteiger charge is -2.32. The molecule has 1 aromatic carbocycles. The summed E-state index contributed by atoms with van der Waals surface area (Å²) in [5.41, 5.74) is -0.308. The number of rotatable bonds is 3. The van der Waals surface area contributed by atoms with E-state index in [1.165, 1.54) is 12.3 Å². The van der Waals surface area contributed by atoms with Crippen molar-refractivity contribution in [2.75, 3.05) is 0 Å². The zero-order valence-electron chi connectivity index (χ0n) is 14.9. The molecule has 1 aromatic heterocycles. The molecule has 1 aliphatic rings. The largest absolute Gasteiger partial charge is 0.496 e. The fourth-order valence-corrected chi connectivity index (χ4v) is 4.16. The fourth-order valence-electron chi connectivity index (χ4n) is 2.68. The number of benzene rings is 1. The molecule has 0 unspecified atom stereocenters. The molecule has 0 radical (unpaired) electrons. The van der Waals surface area contributed by atoms with Gasteiger partial charge in [-0.1, -0.05) is 18.2 Å². The summed E-state index contributed by atoms with van der Waals surface area (Å²) in [5.74, 6) is -0.882. The summed E-state index contributed by atoms with van der Waals surface area (Å²) in [6.07, 6.45) is 1.22. The van der Waals surface area contributed by atoms with Gasteiger partial charge in [-0.15, -0.1) is 0 Å². The molecule has 0 amide bonds. The summed E-state index contributed by atoms with van der Waals surface area (Å²) >= 11 is 0. The fraction of sp³-hybridized carbons (Fsp3) is 0.412. The van der Waals surface area contributed by atoms with Gasteiger partial charge in [-0.25, -0.2) is 12.4 Å². The Hall–Kier alpha value is -1.64. The summed E-state index contributed by atoms with van der Waals surface area (Å²) in [7, 11) is -4.86. The minimum absolute atomic E-state index is 0.0602. The first-order valence-corrected chi connectivity index (χ1v) is 9.44. The Morgan fingerprint density at radius 3 is 2.20 bits per heavy atom. The van der Waals surface area contributed by atoms with Crippen molar-refractivity contribution < 1.29 is 22.1 Å².